The van der Waals surface area contributed by atoms with Crippen LogP contribution in [-0.4, -0.2) is 25.5 Å². The molecule has 0 atom stereocenters. The van der Waals surface area contributed by atoms with Crippen molar-refractivity contribution in [1.82, 2.24) is 0 Å². The minimum atomic E-state index is -5.93. The lowest BCUT2D eigenvalue weighted by molar-refractivity contribution is -0.376. The molecule has 28 heavy (non-hydrogen) atoms. The van der Waals surface area contributed by atoms with E-state index in [1.807, 2.05) is 19.9 Å². The first-order valence-corrected chi connectivity index (χ1v) is 11.8. The first-order valence-electron chi connectivity index (χ1n) is 8.70. The summed E-state index contributed by atoms with van der Waals surface area (Å²) >= 11 is 0. The summed E-state index contributed by atoms with van der Waals surface area (Å²) in [5.74, 6) is 0. The second-order valence-corrected chi connectivity index (χ2v) is 12.9. The van der Waals surface area contributed by atoms with Gasteiger partial charge in [-0.3, -0.25) is 0 Å². The third-order valence-electron chi connectivity index (χ3n) is 5.50. The summed E-state index contributed by atoms with van der Waals surface area (Å²) in [7, 11) is -1.96. The molecule has 0 saturated carbocycles. The lowest BCUT2D eigenvalue weighted by atomic mass is 9.86. The van der Waals surface area contributed by atoms with Gasteiger partial charge in [0.2, 0.25) is 0 Å². The van der Waals surface area contributed by atoms with E-state index in [2.05, 4.69) is 13.1 Å². The molecule has 2 rings (SSSR count). The zero-order chi connectivity index (χ0) is 21.5. The van der Waals surface area contributed by atoms with E-state index in [1.165, 1.54) is 18.2 Å². The fourth-order valence-corrected chi connectivity index (χ4v) is 4.66. The van der Waals surface area contributed by atoms with Crippen molar-refractivity contribution in [3.8, 4) is 11.1 Å². The van der Waals surface area contributed by atoms with Crippen molar-refractivity contribution in [2.24, 2.45) is 0 Å². The van der Waals surface area contributed by atoms with Gasteiger partial charge >= 0.3 is 12.4 Å². The number of hydrogen-bond donors (Lipinski definition) is 1. The maximum atomic E-state index is 13.4. The van der Waals surface area contributed by atoms with E-state index in [0.29, 0.717) is 11.6 Å². The average molecular weight is 420 g/mol. The molecule has 0 radical (unpaired) electrons. The first kappa shape index (κ1) is 22.5. The third-order valence-corrected chi connectivity index (χ3v) is 10.2. The molecule has 0 aliphatic heterocycles. The summed E-state index contributed by atoms with van der Waals surface area (Å²) in [5.41, 5.74) is -5.95. The van der Waals surface area contributed by atoms with Crippen molar-refractivity contribution in [2.75, 3.05) is 0 Å². The number of halogens is 6. The summed E-state index contributed by atoms with van der Waals surface area (Å²) in [6.07, 6.45) is -11.9. The van der Waals surface area contributed by atoms with E-state index in [0.717, 1.165) is 11.3 Å². The SMILES string of the molecule is CC(C)[Si](C)(C)c1cccc(-c2ccccc2C(O)(C(F)(F)F)C(F)(F)F)c1. The number of rotatable bonds is 4. The average Bonchev–Trinajstić information content (AvgIpc) is 2.59. The standard InChI is InChI=1S/C20H22F6OSi/c1-13(2)28(3,4)15-9-7-8-14(12-15)16-10-5-6-11-17(16)18(27,19(21,22)23)20(24,25)26/h5-13,27H,1-4H3. The molecule has 0 aromatic heterocycles. The van der Waals surface area contributed by atoms with Gasteiger partial charge in [0.05, 0.1) is 8.07 Å². The Balaban J connectivity index is 2.76. The maximum absolute atomic E-state index is 13.4. The van der Waals surface area contributed by atoms with Crippen LogP contribution in [-0.2, 0) is 5.60 Å². The summed E-state index contributed by atoms with van der Waals surface area (Å²) in [6, 6.07) is 10.8. The molecule has 8 heteroatoms. The van der Waals surface area contributed by atoms with Crippen LogP contribution in [0.4, 0.5) is 26.3 Å². The highest BCUT2D eigenvalue weighted by Crippen LogP contribution is 2.52. The van der Waals surface area contributed by atoms with Gasteiger partial charge in [-0.15, -0.1) is 0 Å². The van der Waals surface area contributed by atoms with E-state index < -0.39 is 31.6 Å². The predicted molar refractivity (Wildman–Crippen MR) is 100 cm³/mol. The lowest BCUT2D eigenvalue weighted by Crippen LogP contribution is -2.54. The molecule has 0 aliphatic rings. The van der Waals surface area contributed by atoms with E-state index in [9.17, 15) is 31.4 Å². The van der Waals surface area contributed by atoms with Crippen LogP contribution in [0.15, 0.2) is 48.5 Å². The van der Waals surface area contributed by atoms with Gasteiger partial charge in [-0.2, -0.15) is 26.3 Å². The van der Waals surface area contributed by atoms with Gasteiger partial charge in [0.1, 0.15) is 0 Å². The molecule has 0 bridgehead atoms. The second kappa shape index (κ2) is 7.22. The molecule has 0 unspecified atom stereocenters. The number of aliphatic hydroxyl groups is 1. The topological polar surface area (TPSA) is 20.2 Å². The minimum absolute atomic E-state index is 0.209. The molecule has 0 aliphatic carbocycles. The fourth-order valence-electron chi connectivity index (χ4n) is 2.94. The highest BCUT2D eigenvalue weighted by molar-refractivity contribution is 6.90. The number of benzene rings is 2. The Morgan fingerprint density at radius 2 is 1.36 bits per heavy atom. The quantitative estimate of drug-likeness (QED) is 0.476. The molecule has 0 amide bonds. The van der Waals surface area contributed by atoms with Crippen LogP contribution in [0.3, 0.4) is 0 Å². The minimum Gasteiger partial charge on any atom is -0.369 e. The van der Waals surface area contributed by atoms with E-state index in [1.54, 1.807) is 12.1 Å². The number of hydrogen-bond acceptors (Lipinski definition) is 1. The molecule has 2 aromatic rings. The van der Waals surface area contributed by atoms with Crippen molar-refractivity contribution in [3.05, 3.63) is 54.1 Å². The van der Waals surface area contributed by atoms with Gasteiger partial charge in [0.15, 0.2) is 0 Å². The van der Waals surface area contributed by atoms with Gasteiger partial charge in [-0.05, 0) is 16.7 Å². The Morgan fingerprint density at radius 1 is 0.821 bits per heavy atom. The maximum Gasteiger partial charge on any atom is 0.430 e. The van der Waals surface area contributed by atoms with Crippen LogP contribution >= 0.6 is 0 Å². The predicted octanol–water partition coefficient (Wildman–Crippen LogP) is 5.99. The third kappa shape index (κ3) is 3.72. The van der Waals surface area contributed by atoms with Crippen molar-refractivity contribution in [1.29, 1.82) is 0 Å². The molecule has 154 valence electrons. The first-order chi connectivity index (χ1) is 12.6. The Labute approximate surface area is 161 Å². The zero-order valence-electron chi connectivity index (χ0n) is 15.9. The van der Waals surface area contributed by atoms with Crippen LogP contribution in [0.1, 0.15) is 19.4 Å². The van der Waals surface area contributed by atoms with E-state index in [4.69, 9.17) is 0 Å². The van der Waals surface area contributed by atoms with Crippen LogP contribution in [0.25, 0.3) is 11.1 Å². The molecule has 0 heterocycles. The van der Waals surface area contributed by atoms with Crippen LogP contribution in [0.5, 0.6) is 0 Å². The Kier molecular flexibility index (Phi) is 5.80. The normalized spacial score (nSPS) is 13.9. The van der Waals surface area contributed by atoms with Gasteiger partial charge in [-0.25, -0.2) is 0 Å². The van der Waals surface area contributed by atoms with Crippen LogP contribution in [0, 0.1) is 0 Å². The van der Waals surface area contributed by atoms with Gasteiger partial charge in [-0.1, -0.05) is 80.7 Å². The van der Waals surface area contributed by atoms with Crippen molar-refractivity contribution < 1.29 is 31.4 Å². The smallest absolute Gasteiger partial charge is 0.369 e. The van der Waals surface area contributed by atoms with Crippen molar-refractivity contribution in [2.45, 2.75) is 50.4 Å². The van der Waals surface area contributed by atoms with E-state index in [-0.39, 0.29) is 11.1 Å². The molecule has 0 fully saturated rings. The van der Waals surface area contributed by atoms with Gasteiger partial charge < -0.3 is 5.11 Å². The fraction of sp³-hybridized carbons (Fsp3) is 0.400. The molecular formula is C20H22F6OSi. The molecule has 1 nitrogen and oxygen atoms in total. The molecular weight excluding hydrogens is 398 g/mol. The monoisotopic (exact) mass is 420 g/mol. The van der Waals surface area contributed by atoms with Crippen LogP contribution < -0.4 is 5.19 Å². The number of alkyl halides is 6. The molecule has 2 aromatic carbocycles. The largest absolute Gasteiger partial charge is 0.430 e. The molecule has 1 N–H and O–H groups in total. The Morgan fingerprint density at radius 3 is 1.86 bits per heavy atom. The summed E-state index contributed by atoms with van der Waals surface area (Å²) in [6.45, 7) is 8.26. The summed E-state index contributed by atoms with van der Waals surface area (Å²) < 4.78 is 80.4. The Hall–Kier alpha value is -1.80. The second-order valence-electron chi connectivity index (χ2n) is 7.71. The molecule has 0 spiro atoms. The Bertz CT molecular complexity index is 825. The summed E-state index contributed by atoms with van der Waals surface area (Å²) in [4.78, 5) is 0. The van der Waals surface area contributed by atoms with Gasteiger partial charge in [0, 0.05) is 5.56 Å². The summed E-state index contributed by atoms with van der Waals surface area (Å²) in [5, 5.41) is 10.8. The van der Waals surface area contributed by atoms with Crippen molar-refractivity contribution in [3.63, 3.8) is 0 Å². The lowest BCUT2D eigenvalue weighted by Gasteiger charge is -2.34. The highest BCUT2D eigenvalue weighted by atomic mass is 28.3. The van der Waals surface area contributed by atoms with Gasteiger partial charge in [0.25, 0.3) is 5.60 Å². The van der Waals surface area contributed by atoms with Crippen molar-refractivity contribution >= 4 is 13.3 Å². The highest BCUT2D eigenvalue weighted by Gasteiger charge is 2.71. The zero-order valence-corrected chi connectivity index (χ0v) is 16.9. The molecule has 0 saturated heterocycles. The van der Waals surface area contributed by atoms with Crippen LogP contribution in [0.2, 0.25) is 18.6 Å². The van der Waals surface area contributed by atoms with E-state index >= 15 is 0 Å².